The zero-order valence-electron chi connectivity index (χ0n) is 16.1. The topological polar surface area (TPSA) is 58.6 Å². The summed E-state index contributed by atoms with van der Waals surface area (Å²) in [5, 5.41) is 8.76. The molecule has 0 unspecified atom stereocenters. The molecule has 1 aliphatic carbocycles. The fourth-order valence-corrected chi connectivity index (χ4v) is 3.75. The summed E-state index contributed by atoms with van der Waals surface area (Å²) in [5.74, 6) is 1.76. The molecule has 0 N–H and O–H groups in total. The van der Waals surface area contributed by atoms with Crippen LogP contribution in [0.5, 0.6) is 5.75 Å². The minimum Gasteiger partial charge on any atom is -0.483 e. The fourth-order valence-electron chi connectivity index (χ4n) is 3.75. The fraction of sp³-hybridized carbons (Fsp3) is 0.476. The van der Waals surface area contributed by atoms with Crippen LogP contribution in [0.15, 0.2) is 24.3 Å². The normalized spacial score (nSPS) is 16.4. The molecule has 4 rings (SSSR count). The highest BCUT2D eigenvalue weighted by Crippen LogP contribution is 2.23. The number of carbonyl (C=O) groups is 1. The van der Waals surface area contributed by atoms with Crippen molar-refractivity contribution in [2.24, 2.45) is 0 Å². The monoisotopic (exact) mass is 366 g/mol. The summed E-state index contributed by atoms with van der Waals surface area (Å²) in [5.41, 5.74) is 4.66. The SMILES string of the molecule is Cc1ccc(C)c(OCC(=O)N2CCN(c3cc4c(nn3)CCC4)CC2)c1. The van der Waals surface area contributed by atoms with Crippen molar-refractivity contribution in [3.8, 4) is 5.75 Å². The average molecular weight is 366 g/mol. The first-order valence-corrected chi connectivity index (χ1v) is 9.68. The summed E-state index contributed by atoms with van der Waals surface area (Å²) < 4.78 is 5.77. The van der Waals surface area contributed by atoms with Crippen molar-refractivity contribution in [1.82, 2.24) is 15.1 Å². The van der Waals surface area contributed by atoms with E-state index in [0.717, 1.165) is 54.3 Å². The van der Waals surface area contributed by atoms with Gasteiger partial charge < -0.3 is 14.5 Å². The van der Waals surface area contributed by atoms with Crippen molar-refractivity contribution in [2.75, 3.05) is 37.7 Å². The highest BCUT2D eigenvalue weighted by atomic mass is 16.5. The van der Waals surface area contributed by atoms with Crippen molar-refractivity contribution in [3.05, 3.63) is 46.6 Å². The summed E-state index contributed by atoms with van der Waals surface area (Å²) in [6.45, 7) is 7.04. The second-order valence-electron chi connectivity index (χ2n) is 7.45. The molecule has 1 aliphatic heterocycles. The van der Waals surface area contributed by atoms with Crippen molar-refractivity contribution in [2.45, 2.75) is 33.1 Å². The summed E-state index contributed by atoms with van der Waals surface area (Å²) in [6.07, 6.45) is 3.33. The summed E-state index contributed by atoms with van der Waals surface area (Å²) >= 11 is 0. The second-order valence-corrected chi connectivity index (χ2v) is 7.45. The average Bonchev–Trinajstić information content (AvgIpc) is 3.16. The molecule has 2 aliphatic rings. The van der Waals surface area contributed by atoms with Crippen molar-refractivity contribution >= 4 is 11.7 Å². The molecule has 1 aromatic carbocycles. The second kappa shape index (κ2) is 7.55. The van der Waals surface area contributed by atoms with Gasteiger partial charge in [0, 0.05) is 26.2 Å². The Morgan fingerprint density at radius 1 is 1.07 bits per heavy atom. The quantitative estimate of drug-likeness (QED) is 0.831. The first-order chi connectivity index (χ1) is 13.1. The molecule has 142 valence electrons. The zero-order chi connectivity index (χ0) is 18.8. The van der Waals surface area contributed by atoms with Crippen molar-refractivity contribution in [1.29, 1.82) is 0 Å². The third kappa shape index (κ3) is 3.89. The summed E-state index contributed by atoms with van der Waals surface area (Å²) in [4.78, 5) is 16.6. The lowest BCUT2D eigenvalue weighted by molar-refractivity contribution is -0.133. The van der Waals surface area contributed by atoms with Crippen LogP contribution in [-0.2, 0) is 17.6 Å². The van der Waals surface area contributed by atoms with Gasteiger partial charge in [-0.05, 0) is 61.9 Å². The Hall–Kier alpha value is -2.63. The molecule has 6 heteroatoms. The molecule has 1 aromatic heterocycles. The Bertz CT molecular complexity index is 844. The molecule has 6 nitrogen and oxygen atoms in total. The van der Waals surface area contributed by atoms with Crippen LogP contribution in [-0.4, -0.2) is 53.8 Å². The maximum absolute atomic E-state index is 12.5. The number of ether oxygens (including phenoxy) is 1. The number of rotatable bonds is 4. The van der Waals surface area contributed by atoms with E-state index >= 15 is 0 Å². The zero-order valence-corrected chi connectivity index (χ0v) is 16.1. The van der Waals surface area contributed by atoms with Crippen LogP contribution in [0.2, 0.25) is 0 Å². The van der Waals surface area contributed by atoms with Gasteiger partial charge in [0.25, 0.3) is 5.91 Å². The maximum Gasteiger partial charge on any atom is 0.260 e. The van der Waals surface area contributed by atoms with Crippen molar-refractivity contribution < 1.29 is 9.53 Å². The number of hydrogen-bond acceptors (Lipinski definition) is 5. The highest BCUT2D eigenvalue weighted by Gasteiger charge is 2.24. The Labute approximate surface area is 160 Å². The van der Waals surface area contributed by atoms with E-state index < -0.39 is 0 Å². The molecular weight excluding hydrogens is 340 g/mol. The number of nitrogens with zero attached hydrogens (tertiary/aromatic N) is 4. The third-order valence-electron chi connectivity index (χ3n) is 5.46. The predicted octanol–water partition coefficient (Wildman–Crippen LogP) is 2.31. The number of hydrogen-bond donors (Lipinski definition) is 0. The molecule has 0 bridgehead atoms. The lowest BCUT2D eigenvalue weighted by atomic mass is 10.1. The van der Waals surface area contributed by atoms with Crippen LogP contribution in [0.4, 0.5) is 5.82 Å². The van der Waals surface area contributed by atoms with Gasteiger partial charge in [-0.25, -0.2) is 0 Å². The van der Waals surface area contributed by atoms with E-state index in [-0.39, 0.29) is 12.5 Å². The Kier molecular flexibility index (Phi) is 4.97. The molecule has 0 saturated carbocycles. The molecule has 27 heavy (non-hydrogen) atoms. The Balaban J connectivity index is 1.31. The van der Waals surface area contributed by atoms with E-state index in [1.807, 2.05) is 36.9 Å². The van der Waals surface area contributed by atoms with Crippen LogP contribution in [0, 0.1) is 13.8 Å². The number of fused-ring (bicyclic) bond motifs is 1. The van der Waals surface area contributed by atoms with E-state index in [9.17, 15) is 4.79 Å². The van der Waals surface area contributed by atoms with Gasteiger partial charge in [0.05, 0.1) is 5.69 Å². The molecule has 2 aromatic rings. The third-order valence-corrected chi connectivity index (χ3v) is 5.46. The summed E-state index contributed by atoms with van der Waals surface area (Å²) in [7, 11) is 0. The van der Waals surface area contributed by atoms with Gasteiger partial charge in [0.1, 0.15) is 5.75 Å². The van der Waals surface area contributed by atoms with Gasteiger partial charge in [-0.15, -0.1) is 5.10 Å². The van der Waals surface area contributed by atoms with Crippen LogP contribution >= 0.6 is 0 Å². The van der Waals surface area contributed by atoms with Crippen LogP contribution in [0.3, 0.4) is 0 Å². The standard InChI is InChI=1S/C21H26N4O2/c1-15-6-7-16(2)19(12-15)27-14-21(26)25-10-8-24(9-11-25)20-13-17-4-3-5-18(17)22-23-20/h6-7,12-13H,3-5,8-11,14H2,1-2H3. The molecule has 1 fully saturated rings. The number of piperazine rings is 1. The minimum atomic E-state index is 0.0376. The number of benzene rings is 1. The smallest absolute Gasteiger partial charge is 0.260 e. The molecule has 1 amide bonds. The molecular formula is C21H26N4O2. The number of aryl methyl sites for hydroxylation is 4. The van der Waals surface area contributed by atoms with Crippen LogP contribution < -0.4 is 9.64 Å². The van der Waals surface area contributed by atoms with E-state index in [1.54, 1.807) is 0 Å². The van der Waals surface area contributed by atoms with Crippen molar-refractivity contribution in [3.63, 3.8) is 0 Å². The van der Waals surface area contributed by atoms with E-state index in [4.69, 9.17) is 4.74 Å². The summed E-state index contributed by atoms with van der Waals surface area (Å²) in [6, 6.07) is 8.22. The van der Waals surface area contributed by atoms with Gasteiger partial charge in [-0.1, -0.05) is 12.1 Å². The van der Waals surface area contributed by atoms with Gasteiger partial charge in [0.15, 0.2) is 12.4 Å². The number of amides is 1. The number of carbonyl (C=O) groups excluding carboxylic acids is 1. The van der Waals surface area contributed by atoms with E-state index in [1.165, 1.54) is 12.0 Å². The van der Waals surface area contributed by atoms with Gasteiger partial charge in [-0.3, -0.25) is 4.79 Å². The van der Waals surface area contributed by atoms with Crippen LogP contribution in [0.25, 0.3) is 0 Å². The highest BCUT2D eigenvalue weighted by molar-refractivity contribution is 5.78. The maximum atomic E-state index is 12.5. The number of aromatic nitrogens is 2. The first kappa shape index (κ1) is 17.8. The largest absolute Gasteiger partial charge is 0.483 e. The lowest BCUT2D eigenvalue weighted by Gasteiger charge is -2.35. The molecule has 0 atom stereocenters. The molecule has 0 spiro atoms. The van der Waals surface area contributed by atoms with E-state index in [0.29, 0.717) is 13.1 Å². The first-order valence-electron chi connectivity index (χ1n) is 9.68. The minimum absolute atomic E-state index is 0.0376. The molecule has 2 heterocycles. The Morgan fingerprint density at radius 3 is 2.70 bits per heavy atom. The molecule has 1 saturated heterocycles. The van der Waals surface area contributed by atoms with Gasteiger partial charge in [-0.2, -0.15) is 5.10 Å². The molecule has 0 radical (unpaired) electrons. The van der Waals surface area contributed by atoms with Crippen LogP contribution in [0.1, 0.15) is 28.8 Å². The van der Waals surface area contributed by atoms with Gasteiger partial charge in [0.2, 0.25) is 0 Å². The lowest BCUT2D eigenvalue weighted by Crippen LogP contribution is -2.50. The number of anilines is 1. The van der Waals surface area contributed by atoms with E-state index in [2.05, 4.69) is 21.2 Å². The Morgan fingerprint density at radius 2 is 1.89 bits per heavy atom. The predicted molar refractivity (Wildman–Crippen MR) is 104 cm³/mol. The van der Waals surface area contributed by atoms with Gasteiger partial charge >= 0.3 is 0 Å².